The van der Waals surface area contributed by atoms with Crippen LogP contribution in [0.4, 0.5) is 5.69 Å². The Balaban J connectivity index is 1.62. The van der Waals surface area contributed by atoms with E-state index in [1.54, 1.807) is 42.1 Å². The smallest absolute Gasteiger partial charge is 0.337 e. The summed E-state index contributed by atoms with van der Waals surface area (Å²) in [5.41, 5.74) is 6.08. The van der Waals surface area contributed by atoms with Crippen LogP contribution in [0.2, 0.25) is 0 Å². The molecular weight excluding hydrogens is 428 g/mol. The number of carboxylic acid groups (broad SMARTS) is 1. The summed E-state index contributed by atoms with van der Waals surface area (Å²) in [6.07, 6.45) is 2.39. The predicted molar refractivity (Wildman–Crippen MR) is 134 cm³/mol. The van der Waals surface area contributed by atoms with Crippen LogP contribution in [0.25, 0.3) is 27.7 Å². The molecule has 0 amide bonds. The average molecular weight is 453 g/mol. The zero-order valence-corrected chi connectivity index (χ0v) is 18.9. The third-order valence-corrected chi connectivity index (χ3v) is 6.09. The molecule has 0 aliphatic heterocycles. The van der Waals surface area contributed by atoms with Crippen LogP contribution in [-0.2, 0) is 13.5 Å². The number of carbonyl (C=O) groups is 1. The Morgan fingerprint density at radius 3 is 2.56 bits per heavy atom. The van der Waals surface area contributed by atoms with Gasteiger partial charge in [0.05, 0.1) is 22.7 Å². The Kier molecular flexibility index (Phi) is 5.37. The molecule has 0 aliphatic carbocycles. The maximum atomic E-state index is 13.4. The van der Waals surface area contributed by atoms with Crippen molar-refractivity contribution < 1.29 is 9.90 Å². The highest BCUT2D eigenvalue weighted by Gasteiger charge is 2.18. The molecule has 0 spiro atoms. The van der Waals surface area contributed by atoms with Gasteiger partial charge in [0.2, 0.25) is 0 Å². The fraction of sp³-hybridized carbons (Fsp3) is 0.148. The molecule has 0 saturated heterocycles. The van der Waals surface area contributed by atoms with Gasteiger partial charge in [0.1, 0.15) is 5.65 Å². The monoisotopic (exact) mass is 452 g/mol. The molecule has 0 saturated carbocycles. The van der Waals surface area contributed by atoms with E-state index in [1.807, 2.05) is 47.8 Å². The van der Waals surface area contributed by atoms with E-state index in [9.17, 15) is 14.7 Å². The lowest BCUT2D eigenvalue weighted by molar-refractivity contribution is 0.0698. The summed E-state index contributed by atoms with van der Waals surface area (Å²) < 4.78 is 3.50. The Labute approximate surface area is 195 Å². The summed E-state index contributed by atoms with van der Waals surface area (Å²) in [6.45, 7) is 2.48. The summed E-state index contributed by atoms with van der Waals surface area (Å²) >= 11 is 0. The normalized spacial score (nSPS) is 11.2. The molecule has 2 aromatic heterocycles. The van der Waals surface area contributed by atoms with Crippen molar-refractivity contribution in [1.82, 2.24) is 14.2 Å². The number of aryl methyl sites for hydroxylation is 2. The maximum absolute atomic E-state index is 13.4. The van der Waals surface area contributed by atoms with Gasteiger partial charge in [-0.3, -0.25) is 9.36 Å². The molecule has 2 N–H and O–H groups in total. The lowest BCUT2D eigenvalue weighted by atomic mass is 10.0. The van der Waals surface area contributed by atoms with Crippen LogP contribution in [0, 0.1) is 6.92 Å². The van der Waals surface area contributed by atoms with Crippen molar-refractivity contribution in [1.29, 1.82) is 0 Å². The van der Waals surface area contributed by atoms with E-state index in [0.717, 1.165) is 33.4 Å². The van der Waals surface area contributed by atoms with E-state index in [-0.39, 0.29) is 11.1 Å². The molecule has 0 bridgehead atoms. The van der Waals surface area contributed by atoms with Gasteiger partial charge in [-0.05, 0) is 48.2 Å². The van der Waals surface area contributed by atoms with Crippen LogP contribution in [0.5, 0.6) is 0 Å². The van der Waals surface area contributed by atoms with Crippen molar-refractivity contribution in [3.63, 3.8) is 0 Å². The van der Waals surface area contributed by atoms with Crippen LogP contribution >= 0.6 is 0 Å². The first-order valence-corrected chi connectivity index (χ1v) is 11.1. The number of fused-ring (bicyclic) bond motifs is 3. The molecule has 2 heterocycles. The topological polar surface area (TPSA) is 88.6 Å². The third kappa shape index (κ3) is 3.61. The van der Waals surface area contributed by atoms with Gasteiger partial charge >= 0.3 is 5.97 Å². The number of hydrogen-bond donors (Lipinski definition) is 2. The van der Waals surface area contributed by atoms with Gasteiger partial charge in [-0.2, -0.15) is 5.10 Å². The molecule has 34 heavy (non-hydrogen) atoms. The molecule has 7 heteroatoms. The fourth-order valence-corrected chi connectivity index (χ4v) is 4.54. The van der Waals surface area contributed by atoms with E-state index in [4.69, 9.17) is 0 Å². The highest BCUT2D eigenvalue weighted by atomic mass is 16.4. The van der Waals surface area contributed by atoms with E-state index in [2.05, 4.69) is 16.5 Å². The van der Waals surface area contributed by atoms with Crippen molar-refractivity contribution in [3.05, 3.63) is 100.0 Å². The Morgan fingerprint density at radius 1 is 1.06 bits per heavy atom. The van der Waals surface area contributed by atoms with Crippen LogP contribution in [0.1, 0.15) is 21.5 Å². The number of anilines is 1. The van der Waals surface area contributed by atoms with Gasteiger partial charge in [-0.1, -0.05) is 48.5 Å². The molecule has 5 rings (SSSR count). The quantitative estimate of drug-likeness (QED) is 0.396. The summed E-state index contributed by atoms with van der Waals surface area (Å²) in [6, 6.07) is 20.7. The molecular formula is C27H24N4O3. The second-order valence-electron chi connectivity index (χ2n) is 8.37. The SMILES string of the molecule is Cc1cc(CCNc2ccccc2C(=O)O)c2c(c1)c(=O)n(C)c1c(-c3ccccc3)cnn21. The van der Waals surface area contributed by atoms with Gasteiger partial charge in [0.15, 0.2) is 0 Å². The number of para-hydroxylation sites is 1. The molecule has 3 aromatic carbocycles. The number of aromatic carboxylic acids is 1. The van der Waals surface area contributed by atoms with E-state index < -0.39 is 5.97 Å². The first kappa shape index (κ1) is 21.5. The maximum Gasteiger partial charge on any atom is 0.337 e. The van der Waals surface area contributed by atoms with Crippen molar-refractivity contribution in [2.75, 3.05) is 11.9 Å². The minimum atomic E-state index is -0.973. The number of nitrogens with one attached hydrogen (secondary N) is 1. The van der Waals surface area contributed by atoms with Crippen LogP contribution < -0.4 is 10.9 Å². The predicted octanol–water partition coefficient (Wildman–Crippen LogP) is 4.51. The lowest BCUT2D eigenvalue weighted by Crippen LogP contribution is -2.21. The van der Waals surface area contributed by atoms with Crippen molar-refractivity contribution in [2.45, 2.75) is 13.3 Å². The minimum Gasteiger partial charge on any atom is -0.478 e. The van der Waals surface area contributed by atoms with Crippen molar-refractivity contribution in [3.8, 4) is 11.1 Å². The zero-order chi connectivity index (χ0) is 23.8. The molecule has 5 aromatic rings. The second-order valence-corrected chi connectivity index (χ2v) is 8.37. The molecule has 0 radical (unpaired) electrons. The van der Waals surface area contributed by atoms with Crippen molar-refractivity contribution >= 4 is 28.2 Å². The van der Waals surface area contributed by atoms with Crippen LogP contribution in [0.15, 0.2) is 77.7 Å². The Bertz CT molecular complexity index is 1600. The molecule has 170 valence electrons. The van der Waals surface area contributed by atoms with Gasteiger partial charge in [0.25, 0.3) is 5.56 Å². The summed E-state index contributed by atoms with van der Waals surface area (Å²) in [7, 11) is 1.78. The van der Waals surface area contributed by atoms with E-state index in [0.29, 0.717) is 24.0 Å². The van der Waals surface area contributed by atoms with E-state index >= 15 is 0 Å². The summed E-state index contributed by atoms with van der Waals surface area (Å²) in [4.78, 5) is 24.9. The standard InChI is InChI=1S/C27H24N4O3/c1-17-14-19(12-13-28-23-11-7-6-10-20(23)27(33)34)24-21(15-17)26(32)30(2)25-22(16-29-31(24)25)18-8-4-3-5-9-18/h3-11,14-16,28H,12-13H2,1-2H3,(H,33,34). The first-order valence-electron chi connectivity index (χ1n) is 11.1. The van der Waals surface area contributed by atoms with Gasteiger partial charge in [-0.25, -0.2) is 9.31 Å². The van der Waals surface area contributed by atoms with Gasteiger partial charge in [-0.15, -0.1) is 0 Å². The number of hydrogen-bond acceptors (Lipinski definition) is 4. The summed E-state index contributed by atoms with van der Waals surface area (Å²) in [5.74, 6) is -0.973. The zero-order valence-electron chi connectivity index (χ0n) is 18.9. The summed E-state index contributed by atoms with van der Waals surface area (Å²) in [5, 5.41) is 18.0. The average Bonchev–Trinajstić information content (AvgIpc) is 3.28. The van der Waals surface area contributed by atoms with E-state index in [1.165, 1.54) is 0 Å². The fourth-order valence-electron chi connectivity index (χ4n) is 4.54. The largest absolute Gasteiger partial charge is 0.478 e. The Morgan fingerprint density at radius 2 is 1.79 bits per heavy atom. The van der Waals surface area contributed by atoms with Crippen molar-refractivity contribution in [2.24, 2.45) is 7.05 Å². The highest BCUT2D eigenvalue weighted by Crippen LogP contribution is 2.28. The minimum absolute atomic E-state index is 0.0747. The van der Waals surface area contributed by atoms with Crippen LogP contribution in [-0.4, -0.2) is 31.8 Å². The lowest BCUT2D eigenvalue weighted by Gasteiger charge is -2.14. The molecule has 0 unspecified atom stereocenters. The number of benzene rings is 3. The molecule has 0 aliphatic rings. The molecule has 7 nitrogen and oxygen atoms in total. The number of nitrogens with zero attached hydrogens (tertiary/aromatic N) is 3. The number of rotatable bonds is 6. The van der Waals surface area contributed by atoms with Gasteiger partial charge < -0.3 is 10.4 Å². The van der Waals surface area contributed by atoms with Gasteiger partial charge in [0, 0.05) is 24.8 Å². The Hall–Kier alpha value is -4.39. The second kappa shape index (κ2) is 8.51. The number of carboxylic acids is 1. The molecule has 0 fully saturated rings. The first-order chi connectivity index (χ1) is 16.5. The third-order valence-electron chi connectivity index (χ3n) is 6.09. The van der Waals surface area contributed by atoms with Crippen LogP contribution in [0.3, 0.4) is 0 Å². The number of aromatic nitrogens is 3. The highest BCUT2D eigenvalue weighted by molar-refractivity contribution is 5.94. The molecule has 0 atom stereocenters.